The molecule has 2 nitrogen and oxygen atoms in total. The molecule has 8 rings (SSSR count). The monoisotopic (exact) mass is 730 g/mol. The molecule has 0 radical (unpaired) electrons. The van der Waals surface area contributed by atoms with E-state index in [-0.39, 0.29) is 10.8 Å². The average molecular weight is 731 g/mol. The zero-order chi connectivity index (χ0) is 38.5. The van der Waals surface area contributed by atoms with E-state index in [1.807, 2.05) is 0 Å². The van der Waals surface area contributed by atoms with Crippen LogP contribution in [-0.2, 0) is 10.8 Å². The number of anilines is 6. The molecular formula is C54H54N2. The van der Waals surface area contributed by atoms with Crippen LogP contribution in [0.3, 0.4) is 0 Å². The predicted molar refractivity (Wildman–Crippen MR) is 240 cm³/mol. The second kappa shape index (κ2) is 16.1. The average Bonchev–Trinajstić information content (AvgIpc) is 3.53. The van der Waals surface area contributed by atoms with E-state index >= 15 is 0 Å². The topological polar surface area (TPSA) is 6.48 Å². The van der Waals surface area contributed by atoms with Crippen molar-refractivity contribution < 1.29 is 0 Å². The molecule has 56 heavy (non-hydrogen) atoms. The first kappa shape index (κ1) is 37.1. The summed E-state index contributed by atoms with van der Waals surface area (Å²) < 4.78 is 0. The Morgan fingerprint density at radius 3 is 1.43 bits per heavy atom. The third kappa shape index (κ3) is 6.62. The molecule has 1 aliphatic rings. The summed E-state index contributed by atoms with van der Waals surface area (Å²) in [7, 11) is 0. The van der Waals surface area contributed by atoms with Gasteiger partial charge in [0, 0.05) is 44.8 Å². The third-order valence-electron chi connectivity index (χ3n) is 12.6. The van der Waals surface area contributed by atoms with Gasteiger partial charge < -0.3 is 9.80 Å². The van der Waals surface area contributed by atoms with Crippen LogP contribution in [0.5, 0.6) is 0 Å². The van der Waals surface area contributed by atoms with Crippen LogP contribution in [0, 0.1) is 0 Å². The number of para-hydroxylation sites is 3. The van der Waals surface area contributed by atoms with Gasteiger partial charge in [-0.05, 0) is 114 Å². The van der Waals surface area contributed by atoms with Gasteiger partial charge in [-0.3, -0.25) is 0 Å². The zero-order valence-electron chi connectivity index (χ0n) is 33.5. The van der Waals surface area contributed by atoms with Gasteiger partial charge >= 0.3 is 0 Å². The summed E-state index contributed by atoms with van der Waals surface area (Å²) in [5.74, 6) is 0. The van der Waals surface area contributed by atoms with Crippen LogP contribution in [0.15, 0.2) is 182 Å². The molecule has 0 heterocycles. The minimum Gasteiger partial charge on any atom is -0.311 e. The Morgan fingerprint density at radius 1 is 0.446 bits per heavy atom. The Kier molecular flexibility index (Phi) is 10.7. The number of rotatable bonds is 14. The predicted octanol–water partition coefficient (Wildman–Crippen LogP) is 15.6. The number of hydrogen-bond donors (Lipinski definition) is 0. The molecule has 2 heteroatoms. The molecule has 0 fully saturated rings. The second-order valence-corrected chi connectivity index (χ2v) is 15.6. The molecule has 280 valence electrons. The fraction of sp³-hybridized carbons (Fsp3) is 0.222. The number of benzene rings is 7. The van der Waals surface area contributed by atoms with Crippen molar-refractivity contribution in [2.45, 2.75) is 77.0 Å². The van der Waals surface area contributed by atoms with Crippen LogP contribution in [0.25, 0.3) is 11.1 Å². The maximum atomic E-state index is 2.47. The number of nitrogens with zero attached hydrogens (tertiary/aromatic N) is 2. The molecule has 0 N–H and O–H groups in total. The highest BCUT2D eigenvalue weighted by Gasteiger charge is 2.40. The van der Waals surface area contributed by atoms with Gasteiger partial charge in [-0.2, -0.15) is 0 Å². The summed E-state index contributed by atoms with van der Waals surface area (Å²) in [5, 5.41) is 0. The fourth-order valence-corrected chi connectivity index (χ4v) is 9.36. The summed E-state index contributed by atoms with van der Waals surface area (Å²) in [6, 6.07) is 67.2. The molecule has 0 saturated heterocycles. The largest absolute Gasteiger partial charge is 0.311 e. The third-order valence-corrected chi connectivity index (χ3v) is 12.6. The lowest BCUT2D eigenvalue weighted by molar-refractivity contribution is 0.431. The summed E-state index contributed by atoms with van der Waals surface area (Å²) >= 11 is 0. The first-order valence-corrected chi connectivity index (χ1v) is 20.7. The van der Waals surface area contributed by atoms with Gasteiger partial charge in [-0.1, -0.05) is 162 Å². The molecule has 0 saturated carbocycles. The molecule has 2 unspecified atom stereocenters. The van der Waals surface area contributed by atoms with E-state index < -0.39 is 0 Å². The van der Waals surface area contributed by atoms with E-state index in [9.17, 15) is 0 Å². The lowest BCUT2D eigenvalue weighted by Crippen LogP contribution is -2.27. The van der Waals surface area contributed by atoms with Gasteiger partial charge in [0.05, 0.1) is 5.69 Å². The minimum absolute atomic E-state index is 0.0257. The zero-order valence-corrected chi connectivity index (χ0v) is 33.5. The van der Waals surface area contributed by atoms with E-state index in [2.05, 4.69) is 219 Å². The lowest BCUT2D eigenvalue weighted by atomic mass is 9.69. The molecule has 0 aliphatic heterocycles. The van der Waals surface area contributed by atoms with E-state index in [0.29, 0.717) is 0 Å². The van der Waals surface area contributed by atoms with Crippen LogP contribution in [0.4, 0.5) is 34.1 Å². The van der Waals surface area contributed by atoms with Crippen molar-refractivity contribution in [3.05, 3.63) is 204 Å². The van der Waals surface area contributed by atoms with E-state index in [1.165, 1.54) is 64.0 Å². The Hall–Kier alpha value is -5.86. The number of fused-ring (bicyclic) bond motifs is 3. The van der Waals surface area contributed by atoms with Crippen molar-refractivity contribution in [1.29, 1.82) is 0 Å². The Bertz CT molecular complexity index is 2310. The summed E-state index contributed by atoms with van der Waals surface area (Å²) in [5.41, 5.74) is 15.2. The second-order valence-electron chi connectivity index (χ2n) is 15.6. The quantitative estimate of drug-likeness (QED) is 0.103. The lowest BCUT2D eigenvalue weighted by Gasteiger charge is -2.36. The molecule has 7 aromatic rings. The van der Waals surface area contributed by atoms with Crippen molar-refractivity contribution in [2.75, 3.05) is 9.80 Å². The standard InChI is InChI=1S/C54H54N2/c1-5-8-20-40-54(7-3,41-32-36-46(37-33-41)55(43-22-12-9-13-23-43)44-24-14-10-15-25-44)42-34-38-47(39-35-42)56(45-26-16-11-17-27-45)51-31-21-30-50-52(51)48-28-18-19-29-49(48)53(50,4)6-2/h9-19,21-39H,5-8,20,40H2,1-4H3. The molecule has 0 bridgehead atoms. The van der Waals surface area contributed by atoms with Gasteiger partial charge in [-0.25, -0.2) is 0 Å². The highest BCUT2D eigenvalue weighted by Crippen LogP contribution is 2.55. The van der Waals surface area contributed by atoms with Crippen molar-refractivity contribution >= 4 is 34.1 Å². The minimum atomic E-state index is -0.107. The van der Waals surface area contributed by atoms with Crippen LogP contribution in [0.1, 0.15) is 88.5 Å². The molecule has 0 spiro atoms. The van der Waals surface area contributed by atoms with E-state index in [0.717, 1.165) is 42.0 Å². The molecule has 7 aromatic carbocycles. The highest BCUT2D eigenvalue weighted by atomic mass is 15.1. The first-order chi connectivity index (χ1) is 27.5. The maximum Gasteiger partial charge on any atom is 0.0543 e. The normalized spacial score (nSPS) is 15.4. The summed E-state index contributed by atoms with van der Waals surface area (Å²) in [4.78, 5) is 4.82. The molecular weight excluding hydrogens is 677 g/mol. The van der Waals surface area contributed by atoms with Gasteiger partial charge in [0.25, 0.3) is 0 Å². The first-order valence-electron chi connectivity index (χ1n) is 20.7. The van der Waals surface area contributed by atoms with Gasteiger partial charge in [0.15, 0.2) is 0 Å². The van der Waals surface area contributed by atoms with Gasteiger partial charge in [-0.15, -0.1) is 0 Å². The highest BCUT2D eigenvalue weighted by molar-refractivity contribution is 5.95. The molecule has 0 aromatic heterocycles. The van der Waals surface area contributed by atoms with Gasteiger partial charge in [0.2, 0.25) is 0 Å². The molecule has 1 aliphatic carbocycles. The Labute approximate surface area is 335 Å². The van der Waals surface area contributed by atoms with E-state index in [1.54, 1.807) is 0 Å². The smallest absolute Gasteiger partial charge is 0.0543 e. The Morgan fingerprint density at radius 2 is 0.911 bits per heavy atom. The molecule has 2 atom stereocenters. The van der Waals surface area contributed by atoms with Crippen LogP contribution in [0.2, 0.25) is 0 Å². The van der Waals surface area contributed by atoms with Crippen LogP contribution in [-0.4, -0.2) is 0 Å². The number of unbranched alkanes of at least 4 members (excludes halogenated alkanes) is 2. The van der Waals surface area contributed by atoms with Crippen molar-refractivity contribution in [2.24, 2.45) is 0 Å². The SMILES string of the molecule is CCCCCC(CC)(c1ccc(N(c2ccccc2)c2ccccc2)cc1)c1ccc(N(c2ccccc2)c2cccc3c2-c2ccccc2C3(C)CC)cc1. The van der Waals surface area contributed by atoms with E-state index in [4.69, 9.17) is 0 Å². The van der Waals surface area contributed by atoms with Gasteiger partial charge in [0.1, 0.15) is 0 Å². The molecule has 0 amide bonds. The summed E-state index contributed by atoms with van der Waals surface area (Å²) in [6.45, 7) is 9.42. The number of hydrogen-bond acceptors (Lipinski definition) is 2. The Balaban J connectivity index is 1.21. The van der Waals surface area contributed by atoms with Crippen molar-refractivity contribution in [3.8, 4) is 11.1 Å². The summed E-state index contributed by atoms with van der Waals surface area (Å²) in [6.07, 6.45) is 6.81. The maximum absolute atomic E-state index is 2.47. The van der Waals surface area contributed by atoms with Crippen LogP contribution < -0.4 is 9.80 Å². The van der Waals surface area contributed by atoms with Crippen LogP contribution >= 0.6 is 0 Å². The van der Waals surface area contributed by atoms with Crippen molar-refractivity contribution in [3.63, 3.8) is 0 Å². The fourth-order valence-electron chi connectivity index (χ4n) is 9.36. The van der Waals surface area contributed by atoms with Crippen molar-refractivity contribution in [1.82, 2.24) is 0 Å².